The molecule has 4 heteroatoms. The molecule has 0 amide bonds. The molecule has 1 aromatic rings. The molecule has 0 bridgehead atoms. The summed E-state index contributed by atoms with van der Waals surface area (Å²) in [4.78, 5) is 0. The first kappa shape index (κ1) is 8.28. The van der Waals surface area contributed by atoms with Crippen LogP contribution in [0.5, 0.6) is 0 Å². The molecule has 1 aromatic heterocycles. The molecule has 0 spiro atoms. The van der Waals surface area contributed by atoms with Crippen molar-refractivity contribution < 1.29 is 4.52 Å². The zero-order chi connectivity index (χ0) is 8.27. The number of aryl methyl sites for hydroxylation is 1. The Morgan fingerprint density at radius 2 is 2.45 bits per heavy atom. The third-order valence-corrected chi connectivity index (χ3v) is 2.10. The van der Waals surface area contributed by atoms with Crippen molar-refractivity contribution in [3.05, 3.63) is 15.9 Å². The van der Waals surface area contributed by atoms with Crippen molar-refractivity contribution in [3.63, 3.8) is 0 Å². The molecule has 0 aromatic carbocycles. The summed E-state index contributed by atoms with van der Waals surface area (Å²) < 4.78 is 5.60. The summed E-state index contributed by atoms with van der Waals surface area (Å²) in [5.74, 6) is 0.754. The van der Waals surface area contributed by atoms with Gasteiger partial charge in [-0.1, -0.05) is 12.1 Å². The van der Waals surface area contributed by atoms with Gasteiger partial charge in [-0.25, -0.2) is 0 Å². The fourth-order valence-corrected chi connectivity index (χ4v) is 1.20. The lowest BCUT2D eigenvalue weighted by molar-refractivity contribution is 0.380. The van der Waals surface area contributed by atoms with Crippen LogP contribution in [0.15, 0.2) is 9.00 Å². The third kappa shape index (κ3) is 1.60. The van der Waals surface area contributed by atoms with Gasteiger partial charge in [-0.05, 0) is 22.4 Å². The number of halogens is 1. The molecule has 0 aliphatic carbocycles. The fourth-order valence-electron chi connectivity index (χ4n) is 0.765. The van der Waals surface area contributed by atoms with Gasteiger partial charge in [0.25, 0.3) is 0 Å². The molecular weight excluding hydrogens is 208 g/mol. The zero-order valence-corrected chi connectivity index (χ0v) is 7.68. The van der Waals surface area contributed by atoms with Gasteiger partial charge in [0.2, 0.25) is 0 Å². The predicted octanol–water partition coefficient (Wildman–Crippen LogP) is 2.26. The highest BCUT2D eigenvalue weighted by Crippen LogP contribution is 2.21. The van der Waals surface area contributed by atoms with E-state index in [4.69, 9.17) is 9.78 Å². The van der Waals surface area contributed by atoms with E-state index in [0.29, 0.717) is 10.2 Å². The van der Waals surface area contributed by atoms with Crippen molar-refractivity contribution in [3.8, 4) is 6.07 Å². The van der Waals surface area contributed by atoms with Gasteiger partial charge in [-0.15, -0.1) is 0 Å². The zero-order valence-electron chi connectivity index (χ0n) is 6.09. The van der Waals surface area contributed by atoms with Crippen molar-refractivity contribution in [2.75, 3.05) is 0 Å². The second-order valence-electron chi connectivity index (χ2n) is 2.13. The van der Waals surface area contributed by atoms with E-state index in [0.717, 1.165) is 18.6 Å². The van der Waals surface area contributed by atoms with Crippen LogP contribution in [-0.4, -0.2) is 5.16 Å². The largest absolute Gasteiger partial charge is 0.359 e. The Kier molecular flexibility index (Phi) is 2.66. The number of hydrogen-bond acceptors (Lipinski definition) is 3. The Morgan fingerprint density at radius 3 is 2.91 bits per heavy atom. The summed E-state index contributed by atoms with van der Waals surface area (Å²) in [7, 11) is 0. The van der Waals surface area contributed by atoms with E-state index in [-0.39, 0.29) is 0 Å². The highest BCUT2D eigenvalue weighted by molar-refractivity contribution is 9.10. The highest BCUT2D eigenvalue weighted by atomic mass is 79.9. The van der Waals surface area contributed by atoms with E-state index < -0.39 is 0 Å². The number of aromatic nitrogens is 1. The first-order valence-electron chi connectivity index (χ1n) is 3.33. The van der Waals surface area contributed by atoms with Crippen LogP contribution in [0.3, 0.4) is 0 Å². The maximum Gasteiger partial charge on any atom is 0.197 e. The van der Waals surface area contributed by atoms with Crippen LogP contribution in [-0.2, 0) is 6.42 Å². The van der Waals surface area contributed by atoms with Crippen LogP contribution in [0.2, 0.25) is 0 Å². The molecule has 58 valence electrons. The molecular formula is C7H7BrN2O. The van der Waals surface area contributed by atoms with E-state index in [2.05, 4.69) is 21.1 Å². The minimum Gasteiger partial charge on any atom is -0.359 e. The van der Waals surface area contributed by atoms with Gasteiger partial charge in [-0.2, -0.15) is 5.26 Å². The second-order valence-corrected chi connectivity index (χ2v) is 2.92. The van der Waals surface area contributed by atoms with Crippen LogP contribution in [0.1, 0.15) is 24.8 Å². The summed E-state index contributed by atoms with van der Waals surface area (Å²) in [6, 6.07) is 1.92. The van der Waals surface area contributed by atoms with Gasteiger partial charge in [0, 0.05) is 6.42 Å². The van der Waals surface area contributed by atoms with Crippen molar-refractivity contribution in [1.29, 1.82) is 5.26 Å². The topological polar surface area (TPSA) is 49.8 Å². The normalized spacial score (nSPS) is 9.55. The number of nitriles is 1. The van der Waals surface area contributed by atoms with E-state index in [1.54, 1.807) is 0 Å². The van der Waals surface area contributed by atoms with E-state index in [1.165, 1.54) is 0 Å². The molecule has 0 N–H and O–H groups in total. The SMILES string of the molecule is CCCc1onc(C#N)c1Br. The average molecular weight is 215 g/mol. The molecule has 0 saturated heterocycles. The Hall–Kier alpha value is -0.820. The molecule has 0 unspecified atom stereocenters. The lowest BCUT2D eigenvalue weighted by atomic mass is 10.2. The number of rotatable bonds is 2. The third-order valence-electron chi connectivity index (χ3n) is 1.28. The Bertz CT molecular complexity index is 287. The van der Waals surface area contributed by atoms with Crippen LogP contribution < -0.4 is 0 Å². The molecule has 0 radical (unpaired) electrons. The second kappa shape index (κ2) is 3.54. The summed E-state index contributed by atoms with van der Waals surface area (Å²) >= 11 is 3.23. The van der Waals surface area contributed by atoms with Gasteiger partial charge in [-0.3, -0.25) is 0 Å². The average Bonchev–Trinajstić information content (AvgIpc) is 2.34. The molecule has 0 aliphatic heterocycles. The summed E-state index contributed by atoms with van der Waals surface area (Å²) in [6.45, 7) is 2.04. The van der Waals surface area contributed by atoms with Crippen molar-refractivity contribution in [2.24, 2.45) is 0 Å². The van der Waals surface area contributed by atoms with E-state index in [9.17, 15) is 0 Å². The highest BCUT2D eigenvalue weighted by Gasteiger charge is 2.10. The van der Waals surface area contributed by atoms with Crippen LogP contribution in [0.25, 0.3) is 0 Å². The molecule has 0 fully saturated rings. The van der Waals surface area contributed by atoms with E-state index in [1.807, 2.05) is 13.0 Å². The molecule has 1 rings (SSSR count). The van der Waals surface area contributed by atoms with Gasteiger partial charge in [0.15, 0.2) is 11.5 Å². The molecule has 1 heterocycles. The van der Waals surface area contributed by atoms with Crippen LogP contribution >= 0.6 is 15.9 Å². The number of hydrogen-bond donors (Lipinski definition) is 0. The lowest BCUT2D eigenvalue weighted by Gasteiger charge is -1.88. The maximum atomic E-state index is 8.50. The minimum atomic E-state index is 0.327. The Labute approximate surface area is 73.1 Å². The standard InChI is InChI=1S/C7H7BrN2O/c1-2-3-6-7(8)5(4-9)10-11-6/h2-3H2,1H3. The van der Waals surface area contributed by atoms with Crippen LogP contribution in [0, 0.1) is 11.3 Å². The van der Waals surface area contributed by atoms with Gasteiger partial charge < -0.3 is 4.52 Å². The van der Waals surface area contributed by atoms with Crippen molar-refractivity contribution in [2.45, 2.75) is 19.8 Å². The Balaban J connectivity index is 2.93. The molecule has 11 heavy (non-hydrogen) atoms. The quantitative estimate of drug-likeness (QED) is 0.760. The van der Waals surface area contributed by atoms with Crippen molar-refractivity contribution >= 4 is 15.9 Å². The van der Waals surface area contributed by atoms with Gasteiger partial charge in [0.05, 0.1) is 4.47 Å². The summed E-state index contributed by atoms with van der Waals surface area (Å²) in [5.41, 5.74) is 0.327. The minimum absolute atomic E-state index is 0.327. The first-order valence-corrected chi connectivity index (χ1v) is 4.13. The van der Waals surface area contributed by atoms with Crippen LogP contribution in [0.4, 0.5) is 0 Å². The fraction of sp³-hybridized carbons (Fsp3) is 0.429. The van der Waals surface area contributed by atoms with Gasteiger partial charge in [0.1, 0.15) is 6.07 Å². The Morgan fingerprint density at radius 1 is 1.73 bits per heavy atom. The van der Waals surface area contributed by atoms with E-state index >= 15 is 0 Å². The smallest absolute Gasteiger partial charge is 0.197 e. The monoisotopic (exact) mass is 214 g/mol. The van der Waals surface area contributed by atoms with Gasteiger partial charge >= 0.3 is 0 Å². The first-order chi connectivity index (χ1) is 5.29. The maximum absolute atomic E-state index is 8.50. The number of nitrogens with zero attached hydrogens (tertiary/aromatic N) is 2. The summed E-state index contributed by atoms with van der Waals surface area (Å²) in [5, 5.41) is 12.1. The summed E-state index contributed by atoms with van der Waals surface area (Å²) in [6.07, 6.45) is 1.80. The van der Waals surface area contributed by atoms with Crippen molar-refractivity contribution in [1.82, 2.24) is 5.16 Å². The molecule has 0 saturated carbocycles. The predicted molar refractivity (Wildman–Crippen MR) is 42.9 cm³/mol. The lowest BCUT2D eigenvalue weighted by Crippen LogP contribution is -1.79. The molecule has 0 aliphatic rings. The molecule has 0 atom stereocenters. The molecule has 3 nitrogen and oxygen atoms in total.